The van der Waals surface area contributed by atoms with Crippen LogP contribution < -0.4 is 10.2 Å². The highest BCUT2D eigenvalue weighted by atomic mass is 16.6. The zero-order chi connectivity index (χ0) is 19.1. The van der Waals surface area contributed by atoms with Crippen molar-refractivity contribution in [1.82, 2.24) is 0 Å². The Balaban J connectivity index is 1.86. The predicted octanol–water partition coefficient (Wildman–Crippen LogP) is 3.03. The molecule has 0 amide bonds. The zero-order valence-corrected chi connectivity index (χ0v) is 16.2. The van der Waals surface area contributed by atoms with Gasteiger partial charge in [-0.15, -0.1) is 0 Å². The monoisotopic (exact) mass is 360 g/mol. The van der Waals surface area contributed by atoms with Gasteiger partial charge in [-0.25, -0.2) is 0 Å². The summed E-state index contributed by atoms with van der Waals surface area (Å²) >= 11 is 0. The van der Waals surface area contributed by atoms with E-state index in [-0.39, 0.29) is 34.9 Å². The molecule has 5 heteroatoms. The number of aliphatic hydroxyl groups excluding tert-OH is 1. The quantitative estimate of drug-likeness (QED) is 0.769. The second-order valence-corrected chi connectivity index (χ2v) is 9.50. The highest BCUT2D eigenvalue weighted by Gasteiger charge is 2.66. The minimum absolute atomic E-state index is 0.0620. The van der Waals surface area contributed by atoms with E-state index in [1.807, 2.05) is 13.8 Å². The van der Waals surface area contributed by atoms with Crippen LogP contribution in [0.15, 0.2) is 15.3 Å². The molecule has 1 N–H and O–H groups in total. The molecule has 26 heavy (non-hydrogen) atoms. The van der Waals surface area contributed by atoms with Gasteiger partial charge in [0, 0.05) is 23.8 Å². The largest absolute Gasteiger partial charge is 0.458 e. The lowest BCUT2D eigenvalue weighted by atomic mass is 9.43. The van der Waals surface area contributed by atoms with Crippen LogP contribution in [0, 0.1) is 29.6 Å². The van der Waals surface area contributed by atoms with Crippen molar-refractivity contribution >= 4 is 5.78 Å². The predicted molar refractivity (Wildman–Crippen MR) is 96.2 cm³/mol. The molecule has 5 atom stereocenters. The Kier molecular flexibility index (Phi) is 3.57. The number of Topliss-reactive ketones (excluding diaryl/α,β-unsaturated/α-hetero) is 1. The molecular formula is C21H28O5. The number of carbonyl (C=O) groups excluding carboxylic acids is 1. The van der Waals surface area contributed by atoms with Crippen molar-refractivity contribution in [2.24, 2.45) is 22.7 Å². The molecule has 1 aliphatic heterocycles. The van der Waals surface area contributed by atoms with Crippen LogP contribution in [0.25, 0.3) is 0 Å². The maximum atomic E-state index is 13.2. The SMILES string of the molecule is Cc1cc(=O)c2c(o1)O[C@@]1(C)CC[C@@H]3C(C)(C)[C@H](O)CC(=O)[C@]3(C)[C@@H]1C2. The summed E-state index contributed by atoms with van der Waals surface area (Å²) in [4.78, 5) is 25.7. The van der Waals surface area contributed by atoms with E-state index in [0.717, 1.165) is 12.8 Å². The zero-order valence-electron chi connectivity index (χ0n) is 16.2. The first-order valence-electron chi connectivity index (χ1n) is 9.54. The summed E-state index contributed by atoms with van der Waals surface area (Å²) in [6.07, 6.45) is 1.62. The Labute approximate surface area is 153 Å². The molecule has 2 saturated carbocycles. The number of aryl methyl sites for hydroxylation is 1. The Hall–Kier alpha value is -1.62. The standard InChI is InChI=1S/C21H28O5/c1-11-8-13(22)12-9-15-20(4,26-18(12)25-11)7-6-14-19(2,3)16(23)10-17(24)21(14,15)5/h8,14-16,23H,6-7,9-10H2,1-5H3/t14-,15-,16-,20+,21+/m1/s1. The summed E-state index contributed by atoms with van der Waals surface area (Å²) in [5.74, 6) is 0.902. The average Bonchev–Trinajstić information content (AvgIpc) is 2.51. The van der Waals surface area contributed by atoms with Gasteiger partial charge in [-0.2, -0.15) is 0 Å². The molecule has 142 valence electrons. The minimum atomic E-state index is -0.623. The molecule has 0 unspecified atom stereocenters. The molecule has 1 aromatic heterocycles. The van der Waals surface area contributed by atoms with Gasteiger partial charge in [-0.3, -0.25) is 9.59 Å². The summed E-state index contributed by atoms with van der Waals surface area (Å²) in [7, 11) is 0. The molecular weight excluding hydrogens is 332 g/mol. The second kappa shape index (κ2) is 5.22. The van der Waals surface area contributed by atoms with Crippen LogP contribution in [0.5, 0.6) is 5.95 Å². The second-order valence-electron chi connectivity index (χ2n) is 9.50. The van der Waals surface area contributed by atoms with Crippen molar-refractivity contribution in [2.45, 2.75) is 72.0 Å². The van der Waals surface area contributed by atoms with Crippen LogP contribution in [0.2, 0.25) is 0 Å². The highest BCUT2D eigenvalue weighted by molar-refractivity contribution is 5.87. The molecule has 0 saturated heterocycles. The highest BCUT2D eigenvalue weighted by Crippen LogP contribution is 2.63. The number of aliphatic hydroxyl groups is 1. The van der Waals surface area contributed by atoms with Crippen LogP contribution in [0.3, 0.4) is 0 Å². The lowest BCUT2D eigenvalue weighted by Gasteiger charge is -2.62. The Morgan fingerprint density at radius 2 is 1.81 bits per heavy atom. The van der Waals surface area contributed by atoms with E-state index >= 15 is 0 Å². The van der Waals surface area contributed by atoms with Crippen molar-refractivity contribution in [3.8, 4) is 5.95 Å². The molecule has 2 aliphatic carbocycles. The van der Waals surface area contributed by atoms with Crippen LogP contribution in [-0.4, -0.2) is 22.6 Å². The Bertz CT molecular complexity index is 837. The summed E-state index contributed by atoms with van der Waals surface area (Å²) < 4.78 is 12.0. The van der Waals surface area contributed by atoms with E-state index in [4.69, 9.17) is 9.15 Å². The maximum Gasteiger partial charge on any atom is 0.292 e. The molecule has 2 fully saturated rings. The van der Waals surface area contributed by atoms with E-state index in [1.54, 1.807) is 6.92 Å². The van der Waals surface area contributed by atoms with Gasteiger partial charge < -0.3 is 14.3 Å². The van der Waals surface area contributed by atoms with E-state index < -0.39 is 17.1 Å². The molecule has 5 nitrogen and oxygen atoms in total. The normalized spacial score (nSPS) is 40.8. The van der Waals surface area contributed by atoms with Gasteiger partial charge in [0.1, 0.15) is 17.1 Å². The third-order valence-corrected chi connectivity index (χ3v) is 7.72. The first kappa shape index (κ1) is 17.8. The molecule has 1 aromatic rings. The van der Waals surface area contributed by atoms with Gasteiger partial charge in [0.05, 0.1) is 11.7 Å². The molecule has 0 radical (unpaired) electrons. The topological polar surface area (TPSA) is 76.7 Å². The van der Waals surface area contributed by atoms with Crippen LogP contribution in [0.4, 0.5) is 0 Å². The van der Waals surface area contributed by atoms with Crippen molar-refractivity contribution in [2.75, 3.05) is 0 Å². The smallest absolute Gasteiger partial charge is 0.292 e. The Morgan fingerprint density at radius 1 is 1.12 bits per heavy atom. The molecule has 0 aromatic carbocycles. The van der Waals surface area contributed by atoms with Gasteiger partial charge in [0.2, 0.25) is 0 Å². The number of rotatable bonds is 0. The number of carbonyl (C=O) groups is 1. The lowest BCUT2D eigenvalue weighted by molar-refractivity contribution is -0.197. The minimum Gasteiger partial charge on any atom is -0.458 e. The van der Waals surface area contributed by atoms with Gasteiger partial charge >= 0.3 is 0 Å². The van der Waals surface area contributed by atoms with E-state index in [0.29, 0.717) is 23.7 Å². The van der Waals surface area contributed by atoms with Crippen LogP contribution >= 0.6 is 0 Å². The summed E-state index contributed by atoms with van der Waals surface area (Å²) in [6, 6.07) is 1.49. The maximum absolute atomic E-state index is 13.2. The summed E-state index contributed by atoms with van der Waals surface area (Å²) in [6.45, 7) is 9.93. The fraction of sp³-hybridized carbons (Fsp3) is 0.714. The van der Waals surface area contributed by atoms with Crippen LogP contribution in [-0.2, 0) is 11.2 Å². The van der Waals surface area contributed by atoms with Crippen molar-refractivity contribution in [1.29, 1.82) is 0 Å². The number of ketones is 1. The third-order valence-electron chi connectivity index (χ3n) is 7.72. The third kappa shape index (κ3) is 2.13. The van der Waals surface area contributed by atoms with Gasteiger partial charge in [-0.1, -0.05) is 20.8 Å². The van der Waals surface area contributed by atoms with E-state index in [2.05, 4.69) is 13.8 Å². The Morgan fingerprint density at radius 3 is 2.50 bits per heavy atom. The van der Waals surface area contributed by atoms with Gasteiger partial charge in [0.15, 0.2) is 5.43 Å². The summed E-state index contributed by atoms with van der Waals surface area (Å²) in [5.41, 5.74) is -1.06. The molecule has 2 heterocycles. The molecule has 0 spiro atoms. The van der Waals surface area contributed by atoms with Crippen molar-refractivity contribution in [3.05, 3.63) is 27.6 Å². The number of hydrogen-bond donors (Lipinski definition) is 1. The molecule has 4 rings (SSSR count). The van der Waals surface area contributed by atoms with E-state index in [1.165, 1.54) is 6.07 Å². The average molecular weight is 360 g/mol. The first-order chi connectivity index (χ1) is 12.0. The fourth-order valence-corrected chi connectivity index (χ4v) is 6.05. The fourth-order valence-electron chi connectivity index (χ4n) is 6.05. The summed E-state index contributed by atoms with van der Waals surface area (Å²) in [5, 5.41) is 10.5. The van der Waals surface area contributed by atoms with Gasteiger partial charge in [-0.05, 0) is 44.4 Å². The van der Waals surface area contributed by atoms with Crippen LogP contribution in [0.1, 0.15) is 58.3 Å². The lowest BCUT2D eigenvalue weighted by Crippen LogP contribution is -2.67. The molecule has 0 bridgehead atoms. The van der Waals surface area contributed by atoms with Crippen molar-refractivity contribution in [3.63, 3.8) is 0 Å². The number of hydrogen-bond acceptors (Lipinski definition) is 5. The van der Waals surface area contributed by atoms with Crippen molar-refractivity contribution < 1.29 is 19.1 Å². The van der Waals surface area contributed by atoms with E-state index in [9.17, 15) is 14.7 Å². The first-order valence-corrected chi connectivity index (χ1v) is 9.54. The molecule has 3 aliphatic rings. The number of fused-ring (bicyclic) bond motifs is 4. The van der Waals surface area contributed by atoms with Gasteiger partial charge in [0.25, 0.3) is 5.95 Å². The number of ether oxygens (including phenoxy) is 1.